The van der Waals surface area contributed by atoms with E-state index in [1.54, 1.807) is 0 Å². The van der Waals surface area contributed by atoms with Gasteiger partial charge in [-0.15, -0.1) is 0 Å². The molecular formula is C40H63N4O3+. The number of unbranched alkanes of at least 4 members (excludes halogenated alkanes) is 14. The summed E-state index contributed by atoms with van der Waals surface area (Å²) in [7, 11) is 2.08. The molecule has 2 N–H and O–H groups in total. The fourth-order valence-electron chi connectivity index (χ4n) is 6.76. The van der Waals surface area contributed by atoms with E-state index in [-0.39, 0.29) is 22.2 Å². The first-order valence-electron chi connectivity index (χ1n) is 18.8. The standard InChI is InChI=1S/C40H62N4O3/c1-4-6-8-10-12-14-16-18-29-38(45)41-34-25-20-22-27-36(34)44(3,33-43-32-24-31-40(43)47)37-28-23-21-26-35(37)42-39(46)30-19-17-15-13-11-9-7-5-2/h20-23,25-28H,4-19,24,29-33H2,1-3H3,(H-,41,42,45,46)/p+1. The van der Waals surface area contributed by atoms with Crippen molar-refractivity contribution in [3.8, 4) is 0 Å². The Labute approximate surface area is 285 Å². The van der Waals surface area contributed by atoms with Crippen LogP contribution >= 0.6 is 0 Å². The molecule has 0 unspecified atom stereocenters. The number of anilines is 2. The molecule has 0 aliphatic carbocycles. The van der Waals surface area contributed by atoms with E-state index in [1.165, 1.54) is 77.0 Å². The third-order valence-corrected chi connectivity index (χ3v) is 9.56. The number of amides is 3. The van der Waals surface area contributed by atoms with Crippen LogP contribution in [0.4, 0.5) is 22.7 Å². The molecule has 47 heavy (non-hydrogen) atoms. The fourth-order valence-corrected chi connectivity index (χ4v) is 6.76. The summed E-state index contributed by atoms with van der Waals surface area (Å²) in [4.78, 5) is 41.2. The number of carbonyl (C=O) groups excluding carboxylic acids is 3. The number of nitrogens with one attached hydrogen (secondary N) is 2. The van der Waals surface area contributed by atoms with Crippen molar-refractivity contribution < 1.29 is 14.4 Å². The van der Waals surface area contributed by atoms with E-state index in [0.717, 1.165) is 54.9 Å². The lowest BCUT2D eigenvalue weighted by Gasteiger charge is -2.38. The van der Waals surface area contributed by atoms with Gasteiger partial charge in [0.15, 0.2) is 18.0 Å². The quantitative estimate of drug-likeness (QED) is 0.0879. The van der Waals surface area contributed by atoms with Gasteiger partial charge in [0.05, 0.1) is 7.05 Å². The minimum Gasteiger partial charge on any atom is -0.321 e. The van der Waals surface area contributed by atoms with Crippen LogP contribution < -0.4 is 15.1 Å². The van der Waals surface area contributed by atoms with Crippen molar-refractivity contribution in [1.82, 2.24) is 9.38 Å². The molecule has 0 saturated carbocycles. The molecule has 0 bridgehead atoms. The number of quaternary nitrogens is 1. The lowest BCUT2D eigenvalue weighted by molar-refractivity contribution is -0.128. The molecule has 7 heteroatoms. The Hall–Kier alpha value is -3.19. The van der Waals surface area contributed by atoms with Crippen LogP contribution in [0.15, 0.2) is 48.5 Å². The molecule has 3 rings (SSSR count). The van der Waals surface area contributed by atoms with Crippen molar-refractivity contribution in [2.75, 3.05) is 30.9 Å². The highest BCUT2D eigenvalue weighted by molar-refractivity contribution is 5.97. The average Bonchev–Trinajstić information content (AvgIpc) is 3.47. The molecular weight excluding hydrogens is 584 g/mol. The second-order valence-electron chi connectivity index (χ2n) is 13.7. The SMILES string of the molecule is CCCCCCCCCCC(=O)Nc1ccccc1[N+](C)(CN1CCCC1=O)c1ccccc1NC(=O)CCCCCCCCCC. The van der Waals surface area contributed by atoms with E-state index in [9.17, 15) is 14.4 Å². The highest BCUT2D eigenvalue weighted by Crippen LogP contribution is 2.42. The number of para-hydroxylation sites is 4. The van der Waals surface area contributed by atoms with Gasteiger partial charge in [0.25, 0.3) is 0 Å². The number of likely N-dealkylation sites (tertiary alicyclic amines) is 1. The number of hydrogen-bond donors (Lipinski definition) is 2. The predicted octanol–water partition coefficient (Wildman–Crippen LogP) is 10.5. The molecule has 1 saturated heterocycles. The lowest BCUT2D eigenvalue weighted by atomic mass is 10.1. The maximum Gasteiger partial charge on any atom is 0.226 e. The van der Waals surface area contributed by atoms with Crippen LogP contribution in [0, 0.1) is 0 Å². The molecule has 1 aliphatic rings. The molecule has 2 aromatic carbocycles. The van der Waals surface area contributed by atoms with Crippen molar-refractivity contribution in [2.45, 2.75) is 142 Å². The molecule has 1 aliphatic heterocycles. The Morgan fingerprint density at radius 3 is 1.45 bits per heavy atom. The van der Waals surface area contributed by atoms with E-state index in [4.69, 9.17) is 0 Å². The van der Waals surface area contributed by atoms with E-state index in [2.05, 4.69) is 31.5 Å². The highest BCUT2D eigenvalue weighted by Gasteiger charge is 2.38. The van der Waals surface area contributed by atoms with Gasteiger partial charge in [0.2, 0.25) is 17.7 Å². The van der Waals surface area contributed by atoms with Crippen LogP contribution in [0.25, 0.3) is 0 Å². The Morgan fingerprint density at radius 2 is 1.04 bits per heavy atom. The first kappa shape index (κ1) is 38.3. The Kier molecular flexibility index (Phi) is 17.6. The zero-order valence-electron chi connectivity index (χ0n) is 29.8. The van der Waals surface area contributed by atoms with Crippen molar-refractivity contribution >= 4 is 40.5 Å². The van der Waals surface area contributed by atoms with Gasteiger partial charge in [-0.2, -0.15) is 0 Å². The van der Waals surface area contributed by atoms with Crippen molar-refractivity contribution in [2.24, 2.45) is 0 Å². The maximum atomic E-state index is 13.2. The molecule has 3 amide bonds. The minimum atomic E-state index is 0.0131. The number of benzene rings is 2. The summed E-state index contributed by atoms with van der Waals surface area (Å²) in [5.41, 5.74) is 3.26. The normalized spacial score (nSPS) is 13.3. The largest absolute Gasteiger partial charge is 0.321 e. The summed E-state index contributed by atoms with van der Waals surface area (Å²) in [6, 6.07) is 15.8. The van der Waals surface area contributed by atoms with Crippen LogP contribution in [0.3, 0.4) is 0 Å². The molecule has 260 valence electrons. The van der Waals surface area contributed by atoms with Gasteiger partial charge in [0, 0.05) is 37.9 Å². The molecule has 2 aromatic rings. The summed E-state index contributed by atoms with van der Waals surface area (Å²) in [6.07, 6.45) is 21.4. The minimum absolute atomic E-state index is 0.0131. The lowest BCUT2D eigenvalue weighted by Crippen LogP contribution is -2.50. The van der Waals surface area contributed by atoms with Crippen molar-refractivity contribution in [3.05, 3.63) is 48.5 Å². The zero-order valence-corrected chi connectivity index (χ0v) is 29.8. The molecule has 0 aromatic heterocycles. The van der Waals surface area contributed by atoms with Gasteiger partial charge in [0.1, 0.15) is 11.4 Å². The number of carbonyl (C=O) groups is 3. The maximum absolute atomic E-state index is 13.2. The van der Waals surface area contributed by atoms with Crippen LogP contribution in [-0.4, -0.2) is 42.9 Å². The second-order valence-corrected chi connectivity index (χ2v) is 13.7. The first-order chi connectivity index (χ1) is 22.9. The number of hydrogen-bond acceptors (Lipinski definition) is 3. The molecule has 0 atom stereocenters. The smallest absolute Gasteiger partial charge is 0.226 e. The first-order valence-corrected chi connectivity index (χ1v) is 18.8. The van der Waals surface area contributed by atoms with E-state index < -0.39 is 0 Å². The Morgan fingerprint density at radius 1 is 0.638 bits per heavy atom. The van der Waals surface area contributed by atoms with Crippen LogP contribution in [0.2, 0.25) is 0 Å². The fraction of sp³-hybridized carbons (Fsp3) is 0.625. The summed E-state index contributed by atoms with van der Waals surface area (Å²) >= 11 is 0. The van der Waals surface area contributed by atoms with E-state index in [0.29, 0.717) is 32.5 Å². The second kappa shape index (κ2) is 21.6. The summed E-state index contributed by atoms with van der Waals surface area (Å²) in [6.45, 7) is 5.58. The van der Waals surface area contributed by atoms with Gasteiger partial charge in [-0.3, -0.25) is 19.3 Å². The molecule has 0 radical (unpaired) electrons. The van der Waals surface area contributed by atoms with Crippen LogP contribution in [0.5, 0.6) is 0 Å². The molecule has 0 spiro atoms. The van der Waals surface area contributed by atoms with E-state index >= 15 is 0 Å². The third-order valence-electron chi connectivity index (χ3n) is 9.56. The molecule has 1 heterocycles. The zero-order chi connectivity index (χ0) is 33.7. The summed E-state index contributed by atoms with van der Waals surface area (Å²) in [5.74, 6) is 0.167. The molecule has 7 nitrogen and oxygen atoms in total. The Balaban J connectivity index is 1.72. The predicted molar refractivity (Wildman–Crippen MR) is 198 cm³/mol. The van der Waals surface area contributed by atoms with Crippen LogP contribution in [0.1, 0.15) is 142 Å². The third kappa shape index (κ3) is 13.1. The topological polar surface area (TPSA) is 78.5 Å². The number of rotatable bonds is 24. The molecule has 1 fully saturated rings. The highest BCUT2D eigenvalue weighted by atomic mass is 16.2. The van der Waals surface area contributed by atoms with Crippen molar-refractivity contribution in [3.63, 3.8) is 0 Å². The van der Waals surface area contributed by atoms with Crippen molar-refractivity contribution in [1.29, 1.82) is 0 Å². The van der Waals surface area contributed by atoms with E-state index in [1.807, 2.05) is 53.4 Å². The van der Waals surface area contributed by atoms with Crippen LogP contribution in [-0.2, 0) is 14.4 Å². The average molecular weight is 648 g/mol. The van der Waals surface area contributed by atoms with Gasteiger partial charge >= 0.3 is 0 Å². The summed E-state index contributed by atoms with van der Waals surface area (Å²) in [5, 5.41) is 6.42. The van der Waals surface area contributed by atoms with Gasteiger partial charge in [-0.25, -0.2) is 4.48 Å². The Bertz CT molecular complexity index is 1150. The number of nitrogens with zero attached hydrogens (tertiary/aromatic N) is 2. The van der Waals surface area contributed by atoms with Gasteiger partial charge in [-0.1, -0.05) is 128 Å². The van der Waals surface area contributed by atoms with Gasteiger partial charge in [-0.05, 0) is 31.4 Å². The summed E-state index contributed by atoms with van der Waals surface area (Å²) < 4.78 is 0.244. The monoisotopic (exact) mass is 647 g/mol. The van der Waals surface area contributed by atoms with Gasteiger partial charge < -0.3 is 10.6 Å².